The van der Waals surface area contributed by atoms with Gasteiger partial charge in [-0.2, -0.15) is 0 Å². The summed E-state index contributed by atoms with van der Waals surface area (Å²) < 4.78 is 32.3. The first-order valence-electron chi connectivity index (χ1n) is 14.4. The molecule has 0 unspecified atom stereocenters. The molecule has 1 aliphatic heterocycles. The highest BCUT2D eigenvalue weighted by Crippen LogP contribution is 2.35. The van der Waals surface area contributed by atoms with Crippen molar-refractivity contribution in [2.24, 2.45) is 4.99 Å². The van der Waals surface area contributed by atoms with E-state index in [0.29, 0.717) is 32.1 Å². The minimum absolute atomic E-state index is 0.182. The number of methoxy groups -OCH3 is 1. The Kier molecular flexibility index (Phi) is 8.70. The Morgan fingerprint density at radius 2 is 1.67 bits per heavy atom. The van der Waals surface area contributed by atoms with Gasteiger partial charge in [-0.1, -0.05) is 90.2 Å². The quantitative estimate of drug-likeness (QED) is 0.199. The van der Waals surface area contributed by atoms with Crippen molar-refractivity contribution < 1.29 is 23.4 Å². The molecule has 1 aromatic heterocycles. The zero-order valence-electron chi connectivity index (χ0n) is 24.6. The summed E-state index contributed by atoms with van der Waals surface area (Å²) in [5.41, 5.74) is 3.54. The van der Waals surface area contributed by atoms with Gasteiger partial charge in [0.05, 0.1) is 35.6 Å². The summed E-state index contributed by atoms with van der Waals surface area (Å²) in [6, 6.07) is 29.6. The van der Waals surface area contributed by atoms with Gasteiger partial charge in [0, 0.05) is 5.56 Å². The third-order valence-electron chi connectivity index (χ3n) is 7.28. The van der Waals surface area contributed by atoms with Gasteiger partial charge in [0.25, 0.3) is 5.56 Å². The number of hydrogen-bond acceptors (Lipinski definition) is 7. The van der Waals surface area contributed by atoms with Gasteiger partial charge >= 0.3 is 5.97 Å². The van der Waals surface area contributed by atoms with Crippen LogP contribution in [0.4, 0.5) is 4.39 Å². The summed E-state index contributed by atoms with van der Waals surface area (Å²) in [5.74, 6) is 0.159. The lowest BCUT2D eigenvalue weighted by molar-refractivity contribution is -0.138. The predicted octanol–water partition coefficient (Wildman–Crippen LogP) is 5.66. The number of nitrogens with zero attached hydrogens (tertiary/aromatic N) is 2. The first-order valence-corrected chi connectivity index (χ1v) is 15.2. The molecule has 1 atom stereocenters. The van der Waals surface area contributed by atoms with Gasteiger partial charge < -0.3 is 14.2 Å². The average molecular weight is 621 g/mol. The molecule has 7 nitrogen and oxygen atoms in total. The Morgan fingerprint density at radius 3 is 2.36 bits per heavy atom. The summed E-state index contributed by atoms with van der Waals surface area (Å²) in [7, 11) is 1.54. The normalized spacial score (nSPS) is 14.5. The minimum atomic E-state index is -0.740. The molecule has 0 radical (unpaired) electrons. The first kappa shape index (κ1) is 29.8. The number of rotatable bonds is 9. The van der Waals surface area contributed by atoms with Crippen LogP contribution in [0.5, 0.6) is 11.5 Å². The van der Waals surface area contributed by atoms with E-state index in [9.17, 15) is 14.0 Å². The largest absolute Gasteiger partial charge is 0.493 e. The highest BCUT2D eigenvalue weighted by atomic mass is 32.1. The van der Waals surface area contributed by atoms with E-state index >= 15 is 0 Å². The lowest BCUT2D eigenvalue weighted by Crippen LogP contribution is -2.39. The van der Waals surface area contributed by atoms with E-state index in [-0.39, 0.29) is 24.6 Å². The number of hydrogen-bond donors (Lipinski definition) is 0. The number of esters is 1. The molecule has 9 heteroatoms. The van der Waals surface area contributed by atoms with Crippen LogP contribution >= 0.6 is 11.3 Å². The number of carbonyl (C=O) groups excluding carboxylic acids is 1. The second-order valence-corrected chi connectivity index (χ2v) is 11.2. The predicted molar refractivity (Wildman–Crippen MR) is 171 cm³/mol. The zero-order chi connectivity index (χ0) is 31.3. The summed E-state index contributed by atoms with van der Waals surface area (Å²) in [6.45, 7) is 2.17. The molecule has 0 N–H and O–H groups in total. The van der Waals surface area contributed by atoms with Crippen LogP contribution in [-0.2, 0) is 16.1 Å². The fraction of sp³-hybridized carbons (Fsp3) is 0.139. The molecular weight excluding hydrogens is 591 g/mol. The molecule has 4 aromatic carbocycles. The molecule has 6 rings (SSSR count). The Hall–Kier alpha value is -5.28. The smallest absolute Gasteiger partial charge is 0.338 e. The number of benzene rings is 4. The van der Waals surface area contributed by atoms with Gasteiger partial charge in [0.1, 0.15) is 12.4 Å². The van der Waals surface area contributed by atoms with Crippen LogP contribution < -0.4 is 24.4 Å². The second-order valence-electron chi connectivity index (χ2n) is 10.2. The van der Waals surface area contributed by atoms with Crippen LogP contribution in [0.2, 0.25) is 0 Å². The molecule has 45 heavy (non-hydrogen) atoms. The number of ether oxygens (including phenoxy) is 3. The van der Waals surface area contributed by atoms with Gasteiger partial charge in [-0.15, -0.1) is 0 Å². The maximum Gasteiger partial charge on any atom is 0.338 e. The molecule has 0 aliphatic carbocycles. The third-order valence-corrected chi connectivity index (χ3v) is 8.26. The summed E-state index contributed by atoms with van der Waals surface area (Å²) in [4.78, 5) is 33.0. The van der Waals surface area contributed by atoms with Crippen LogP contribution in [0.15, 0.2) is 118 Å². The zero-order valence-corrected chi connectivity index (χ0v) is 25.4. The van der Waals surface area contributed by atoms with Crippen molar-refractivity contribution in [3.05, 3.63) is 156 Å². The van der Waals surface area contributed by atoms with Crippen LogP contribution in [0.1, 0.15) is 35.2 Å². The van der Waals surface area contributed by atoms with Gasteiger partial charge in [0.2, 0.25) is 0 Å². The summed E-state index contributed by atoms with van der Waals surface area (Å²) >= 11 is 1.25. The molecule has 1 aliphatic rings. The van der Waals surface area contributed by atoms with Crippen molar-refractivity contribution in [1.29, 1.82) is 0 Å². The molecule has 0 saturated heterocycles. The van der Waals surface area contributed by atoms with E-state index in [4.69, 9.17) is 19.2 Å². The monoisotopic (exact) mass is 620 g/mol. The fourth-order valence-electron chi connectivity index (χ4n) is 5.18. The van der Waals surface area contributed by atoms with Crippen molar-refractivity contribution in [1.82, 2.24) is 4.57 Å². The van der Waals surface area contributed by atoms with Crippen molar-refractivity contribution in [3.8, 4) is 11.5 Å². The Labute approximate surface area is 262 Å². The van der Waals surface area contributed by atoms with Crippen molar-refractivity contribution >= 4 is 29.1 Å². The number of halogens is 1. The molecule has 5 aromatic rings. The minimum Gasteiger partial charge on any atom is -0.493 e. The summed E-state index contributed by atoms with van der Waals surface area (Å²) in [5, 5.41) is 0. The third kappa shape index (κ3) is 6.21. The molecule has 0 fully saturated rings. The second kappa shape index (κ2) is 13.2. The van der Waals surface area contributed by atoms with Gasteiger partial charge in [-0.3, -0.25) is 9.36 Å². The van der Waals surface area contributed by atoms with Crippen molar-refractivity contribution in [2.45, 2.75) is 19.6 Å². The van der Waals surface area contributed by atoms with E-state index in [1.54, 1.807) is 48.9 Å². The number of carbonyl (C=O) groups is 1. The fourth-order valence-corrected chi connectivity index (χ4v) is 6.18. The number of aromatic nitrogens is 1. The maximum absolute atomic E-state index is 14.1. The maximum atomic E-state index is 14.1. The van der Waals surface area contributed by atoms with E-state index in [0.717, 1.165) is 22.3 Å². The molecule has 226 valence electrons. The molecule has 0 spiro atoms. The highest BCUT2D eigenvalue weighted by molar-refractivity contribution is 7.07. The van der Waals surface area contributed by atoms with E-state index in [2.05, 4.69) is 0 Å². The van der Waals surface area contributed by atoms with Gasteiger partial charge in [0.15, 0.2) is 16.3 Å². The molecule has 0 saturated carbocycles. The van der Waals surface area contributed by atoms with Crippen molar-refractivity contribution in [2.75, 3.05) is 13.7 Å². The summed E-state index contributed by atoms with van der Waals surface area (Å²) in [6.07, 6.45) is 1.77. The lowest BCUT2D eigenvalue weighted by Gasteiger charge is -2.25. The van der Waals surface area contributed by atoms with E-state index < -0.39 is 12.0 Å². The molecule has 0 bridgehead atoms. The molecule has 0 amide bonds. The Morgan fingerprint density at radius 1 is 0.956 bits per heavy atom. The van der Waals surface area contributed by atoms with E-state index in [1.807, 2.05) is 66.7 Å². The Balaban J connectivity index is 1.45. The number of fused-ring (bicyclic) bond motifs is 1. The standard InChI is InChI=1S/C36H29FN2O5S/c1-3-43-35(41)31-32(25-10-6-4-7-11-25)38-36-39(33(31)26-12-8-5-9-13-26)34(40)30(45-36)21-24-16-19-28(29(20-24)42-2)44-22-23-14-17-27(37)18-15-23/h4-21,33H,3,22H2,1-2H3/b30-21-/t33-/m0/s1. The van der Waals surface area contributed by atoms with Gasteiger partial charge in [-0.25, -0.2) is 14.2 Å². The van der Waals surface area contributed by atoms with E-state index in [1.165, 1.54) is 23.5 Å². The average Bonchev–Trinajstić information content (AvgIpc) is 3.38. The first-order chi connectivity index (χ1) is 22.0. The number of thiazole rings is 1. The van der Waals surface area contributed by atoms with Crippen LogP contribution in [0, 0.1) is 5.82 Å². The topological polar surface area (TPSA) is 79.1 Å². The van der Waals surface area contributed by atoms with Crippen LogP contribution in [0.25, 0.3) is 11.8 Å². The Bertz CT molecular complexity index is 2050. The van der Waals surface area contributed by atoms with Crippen LogP contribution in [-0.4, -0.2) is 24.3 Å². The van der Waals surface area contributed by atoms with Crippen molar-refractivity contribution in [3.63, 3.8) is 0 Å². The van der Waals surface area contributed by atoms with Gasteiger partial charge in [-0.05, 0) is 54.0 Å². The lowest BCUT2D eigenvalue weighted by atomic mass is 9.93. The van der Waals surface area contributed by atoms with Crippen LogP contribution in [0.3, 0.4) is 0 Å². The SMILES string of the molecule is CCOC(=O)C1=C(c2ccccc2)N=c2s/c(=C\c3ccc(OCc4ccc(F)cc4)c(OC)c3)c(=O)n2[C@H]1c1ccccc1. The molecule has 2 heterocycles. The molecular formula is C36H29FN2O5S. The highest BCUT2D eigenvalue weighted by Gasteiger charge is 2.35.